The molecule has 0 saturated carbocycles. The number of aromatic nitrogens is 1. The first-order valence-electron chi connectivity index (χ1n) is 8.22. The van der Waals surface area contributed by atoms with Gasteiger partial charge in [0.1, 0.15) is 10.7 Å². The predicted molar refractivity (Wildman–Crippen MR) is 104 cm³/mol. The molecule has 1 aromatic heterocycles. The molecule has 0 atom stereocenters. The van der Waals surface area contributed by atoms with Gasteiger partial charge in [-0.3, -0.25) is 14.9 Å². The topological polar surface area (TPSA) is 88.4 Å². The van der Waals surface area contributed by atoms with Gasteiger partial charge in [0, 0.05) is 36.2 Å². The highest BCUT2D eigenvalue weighted by Crippen LogP contribution is 2.28. The molecule has 7 nitrogen and oxygen atoms in total. The Morgan fingerprint density at radius 2 is 2.15 bits per heavy atom. The Bertz CT molecular complexity index is 775. The second-order valence-electron chi connectivity index (χ2n) is 6.14. The van der Waals surface area contributed by atoms with Gasteiger partial charge in [0.05, 0.1) is 4.92 Å². The van der Waals surface area contributed by atoms with Gasteiger partial charge < -0.3 is 10.2 Å². The van der Waals surface area contributed by atoms with Crippen LogP contribution in [0.1, 0.15) is 23.3 Å². The molecular formula is C17H21ClN4O3S. The van der Waals surface area contributed by atoms with E-state index in [-0.39, 0.29) is 24.0 Å². The number of non-ortho nitro benzene ring substituents is 1. The smallest absolute Gasteiger partial charge is 0.273 e. The number of nitrogens with zero attached hydrogens (tertiary/aromatic N) is 3. The number of hydrogen-bond acceptors (Lipinski definition) is 6. The number of nitrogens with one attached hydrogen (secondary N) is 1. The first-order valence-corrected chi connectivity index (χ1v) is 9.10. The zero-order valence-electron chi connectivity index (χ0n) is 14.4. The minimum atomic E-state index is -0.432. The third-order valence-corrected chi connectivity index (χ3v) is 5.31. The zero-order chi connectivity index (χ0) is 17.8. The second-order valence-corrected chi connectivity index (χ2v) is 7.00. The van der Waals surface area contributed by atoms with Crippen LogP contribution in [0.5, 0.6) is 0 Å². The largest absolute Gasteiger partial charge is 0.337 e. The summed E-state index contributed by atoms with van der Waals surface area (Å²) in [5.41, 5.74) is 1.09. The molecule has 140 valence electrons. The molecule has 1 fully saturated rings. The fraction of sp³-hybridized carbons (Fsp3) is 0.412. The second kappa shape index (κ2) is 9.07. The molecule has 1 aromatic carbocycles. The SMILES string of the molecule is CNCC1CCN(C(=O)c2csc(-c3cccc([N+](=O)[O-])c3)n2)CC1.Cl. The number of carbonyl (C=O) groups is 1. The predicted octanol–water partition coefficient (Wildman–Crippen LogP) is 3.21. The van der Waals surface area contributed by atoms with Crippen LogP contribution in [0.25, 0.3) is 10.6 Å². The number of piperidine rings is 1. The molecule has 9 heteroatoms. The van der Waals surface area contributed by atoms with E-state index in [0.717, 1.165) is 32.5 Å². The fourth-order valence-electron chi connectivity index (χ4n) is 3.05. The van der Waals surface area contributed by atoms with Crippen LogP contribution in [0.3, 0.4) is 0 Å². The van der Waals surface area contributed by atoms with Crippen molar-refractivity contribution in [2.24, 2.45) is 5.92 Å². The van der Waals surface area contributed by atoms with Crippen molar-refractivity contribution in [1.29, 1.82) is 0 Å². The van der Waals surface area contributed by atoms with Crippen LogP contribution >= 0.6 is 23.7 Å². The lowest BCUT2D eigenvalue weighted by atomic mass is 9.97. The van der Waals surface area contributed by atoms with Crippen molar-refractivity contribution in [1.82, 2.24) is 15.2 Å². The van der Waals surface area contributed by atoms with Gasteiger partial charge in [0.2, 0.25) is 0 Å². The van der Waals surface area contributed by atoms with Crippen molar-refractivity contribution < 1.29 is 9.72 Å². The summed E-state index contributed by atoms with van der Waals surface area (Å²) in [6.45, 7) is 2.47. The lowest BCUT2D eigenvalue weighted by molar-refractivity contribution is -0.384. The molecule has 1 aliphatic heterocycles. The molecule has 0 bridgehead atoms. The van der Waals surface area contributed by atoms with E-state index >= 15 is 0 Å². The van der Waals surface area contributed by atoms with E-state index < -0.39 is 4.92 Å². The number of nitro benzene ring substituents is 1. The van der Waals surface area contributed by atoms with Gasteiger partial charge in [0.15, 0.2) is 0 Å². The van der Waals surface area contributed by atoms with Crippen LogP contribution in [0, 0.1) is 16.0 Å². The molecule has 3 rings (SSSR count). The van der Waals surface area contributed by atoms with Crippen molar-refractivity contribution in [3.8, 4) is 10.6 Å². The summed E-state index contributed by atoms with van der Waals surface area (Å²) in [4.78, 5) is 29.3. The number of halogens is 1. The summed E-state index contributed by atoms with van der Waals surface area (Å²) >= 11 is 1.33. The monoisotopic (exact) mass is 396 g/mol. The first kappa shape index (κ1) is 20.3. The van der Waals surface area contributed by atoms with E-state index in [9.17, 15) is 14.9 Å². The van der Waals surface area contributed by atoms with E-state index in [1.165, 1.54) is 23.5 Å². The van der Waals surface area contributed by atoms with Crippen LogP contribution < -0.4 is 5.32 Å². The Balaban J connectivity index is 0.00000243. The highest BCUT2D eigenvalue weighted by molar-refractivity contribution is 7.13. The molecule has 1 amide bonds. The average Bonchev–Trinajstić information content (AvgIpc) is 3.12. The molecule has 1 aliphatic rings. The maximum Gasteiger partial charge on any atom is 0.273 e. The molecule has 0 spiro atoms. The number of amides is 1. The minimum absolute atomic E-state index is 0. The molecule has 1 N–H and O–H groups in total. The molecule has 0 radical (unpaired) electrons. The van der Waals surface area contributed by atoms with Crippen LogP contribution in [0.4, 0.5) is 5.69 Å². The maximum absolute atomic E-state index is 12.6. The zero-order valence-corrected chi connectivity index (χ0v) is 16.0. The Kier molecular flexibility index (Phi) is 7.07. The van der Waals surface area contributed by atoms with Gasteiger partial charge in [-0.2, -0.15) is 0 Å². The summed E-state index contributed by atoms with van der Waals surface area (Å²) in [6.07, 6.45) is 1.99. The molecule has 1 saturated heterocycles. The molecular weight excluding hydrogens is 376 g/mol. The van der Waals surface area contributed by atoms with Crippen molar-refractivity contribution in [3.63, 3.8) is 0 Å². The average molecular weight is 397 g/mol. The highest BCUT2D eigenvalue weighted by atomic mass is 35.5. The first-order chi connectivity index (χ1) is 12.1. The Hall–Kier alpha value is -2.03. The van der Waals surface area contributed by atoms with E-state index in [0.29, 0.717) is 22.2 Å². The molecule has 2 aromatic rings. The van der Waals surface area contributed by atoms with Crippen molar-refractivity contribution in [3.05, 3.63) is 45.5 Å². The minimum Gasteiger partial charge on any atom is -0.337 e. The van der Waals surface area contributed by atoms with E-state index in [1.54, 1.807) is 17.5 Å². The fourth-order valence-corrected chi connectivity index (χ4v) is 3.84. The summed E-state index contributed by atoms with van der Waals surface area (Å²) in [5.74, 6) is 0.556. The normalized spacial score (nSPS) is 14.7. The number of benzene rings is 1. The van der Waals surface area contributed by atoms with Crippen LogP contribution in [0.15, 0.2) is 29.6 Å². The van der Waals surface area contributed by atoms with Crippen molar-refractivity contribution in [2.45, 2.75) is 12.8 Å². The third kappa shape index (κ3) is 4.57. The van der Waals surface area contributed by atoms with Gasteiger partial charge in [-0.25, -0.2) is 4.98 Å². The van der Waals surface area contributed by atoms with Gasteiger partial charge >= 0.3 is 0 Å². The number of thiazole rings is 1. The van der Waals surface area contributed by atoms with Crippen molar-refractivity contribution >= 4 is 35.3 Å². The Labute approximate surface area is 162 Å². The van der Waals surface area contributed by atoms with Crippen molar-refractivity contribution in [2.75, 3.05) is 26.7 Å². The van der Waals surface area contributed by atoms with Crippen LogP contribution in [0.2, 0.25) is 0 Å². The highest BCUT2D eigenvalue weighted by Gasteiger charge is 2.25. The number of carbonyl (C=O) groups excluding carboxylic acids is 1. The van der Waals surface area contributed by atoms with E-state index in [1.807, 2.05) is 11.9 Å². The summed E-state index contributed by atoms with van der Waals surface area (Å²) < 4.78 is 0. The summed E-state index contributed by atoms with van der Waals surface area (Å²) in [6, 6.07) is 6.32. The van der Waals surface area contributed by atoms with Gasteiger partial charge in [-0.05, 0) is 32.4 Å². The number of nitro groups is 1. The Morgan fingerprint density at radius 3 is 2.81 bits per heavy atom. The van der Waals surface area contributed by atoms with Crippen LogP contribution in [-0.2, 0) is 0 Å². The molecule has 0 unspecified atom stereocenters. The lowest BCUT2D eigenvalue weighted by Crippen LogP contribution is -2.40. The summed E-state index contributed by atoms with van der Waals surface area (Å²) in [5, 5.41) is 16.4. The molecule has 2 heterocycles. The lowest BCUT2D eigenvalue weighted by Gasteiger charge is -2.31. The number of likely N-dealkylation sites (tertiary alicyclic amines) is 1. The molecule has 26 heavy (non-hydrogen) atoms. The standard InChI is InChI=1S/C17H20N4O3S.ClH/c1-18-10-12-5-7-20(8-6-12)17(22)15-11-25-16(19-15)13-3-2-4-14(9-13)21(23)24;/h2-4,9,11-12,18H,5-8,10H2,1H3;1H. The Morgan fingerprint density at radius 1 is 1.42 bits per heavy atom. The number of rotatable bonds is 5. The molecule has 0 aliphatic carbocycles. The summed E-state index contributed by atoms with van der Waals surface area (Å²) in [7, 11) is 1.95. The van der Waals surface area contributed by atoms with Crippen LogP contribution in [-0.4, -0.2) is 47.4 Å². The van der Waals surface area contributed by atoms with E-state index in [2.05, 4.69) is 10.3 Å². The number of hydrogen-bond donors (Lipinski definition) is 1. The third-order valence-electron chi connectivity index (χ3n) is 4.42. The van der Waals surface area contributed by atoms with Gasteiger partial charge in [0.25, 0.3) is 11.6 Å². The maximum atomic E-state index is 12.6. The quantitative estimate of drug-likeness (QED) is 0.619. The van der Waals surface area contributed by atoms with Gasteiger partial charge in [-0.15, -0.1) is 23.7 Å². The van der Waals surface area contributed by atoms with Gasteiger partial charge in [-0.1, -0.05) is 12.1 Å². The van der Waals surface area contributed by atoms with E-state index in [4.69, 9.17) is 0 Å².